The molecule has 1 aromatic heterocycles. The highest BCUT2D eigenvalue weighted by Gasteiger charge is 2.23. The molecule has 5 heteroatoms. The number of benzene rings is 2. The minimum absolute atomic E-state index is 0.0936. The number of rotatable bonds is 5. The van der Waals surface area contributed by atoms with Crippen molar-refractivity contribution in [1.29, 1.82) is 0 Å². The minimum Gasteiger partial charge on any atom is -0.455 e. The van der Waals surface area contributed by atoms with E-state index in [1.54, 1.807) is 18.2 Å². The van der Waals surface area contributed by atoms with Gasteiger partial charge in [-0.25, -0.2) is 0 Å². The molecule has 0 saturated carbocycles. The Morgan fingerprint density at radius 3 is 2.40 bits per heavy atom. The van der Waals surface area contributed by atoms with Crippen LogP contribution in [-0.2, 0) is 0 Å². The molecule has 0 aliphatic carbocycles. The molecule has 3 aromatic rings. The Morgan fingerprint density at radius 2 is 1.63 bits per heavy atom. The van der Waals surface area contributed by atoms with Crippen molar-refractivity contribution in [3.05, 3.63) is 83.8 Å². The molecular weight excluding hydrogens is 384 g/mol. The third kappa shape index (κ3) is 4.67. The summed E-state index contributed by atoms with van der Waals surface area (Å²) in [4.78, 5) is 4.86. The van der Waals surface area contributed by atoms with Crippen LogP contribution in [-0.4, -0.2) is 11.8 Å². The Kier molecular flexibility index (Phi) is 5.53. The van der Waals surface area contributed by atoms with E-state index in [1.807, 2.05) is 37.3 Å². The average molecular weight is 407 g/mol. The van der Waals surface area contributed by atoms with Crippen LogP contribution in [0.3, 0.4) is 0 Å². The van der Waals surface area contributed by atoms with Gasteiger partial charge in [0.2, 0.25) is 0 Å². The van der Waals surface area contributed by atoms with Crippen LogP contribution in [0.2, 0.25) is 0 Å². The molecule has 1 aliphatic rings. The Bertz CT molecular complexity index is 1090. The van der Waals surface area contributed by atoms with E-state index in [2.05, 4.69) is 16.9 Å². The van der Waals surface area contributed by atoms with Crippen molar-refractivity contribution in [2.75, 3.05) is 0 Å². The number of allylic oxidation sites excluding steroid dienone is 2. The zero-order chi connectivity index (χ0) is 21.1. The van der Waals surface area contributed by atoms with E-state index < -0.39 is 6.11 Å². The summed E-state index contributed by atoms with van der Waals surface area (Å²) in [5.74, 6) is 1.38. The van der Waals surface area contributed by atoms with E-state index in [4.69, 9.17) is 9.41 Å². The monoisotopic (exact) mass is 407 g/mol. The molecule has 0 saturated heterocycles. The first kappa shape index (κ1) is 20.1. The number of hydrogen-bond donors (Lipinski definition) is 0. The zero-order valence-corrected chi connectivity index (χ0v) is 17.0. The minimum atomic E-state index is -3.23. The highest BCUT2D eigenvalue weighted by molar-refractivity contribution is 6.00. The number of aliphatic imine (C=N–C) groups is 1. The second kappa shape index (κ2) is 8.27. The summed E-state index contributed by atoms with van der Waals surface area (Å²) >= 11 is 0. The van der Waals surface area contributed by atoms with Gasteiger partial charge in [-0.15, -0.1) is 0 Å². The van der Waals surface area contributed by atoms with Gasteiger partial charge >= 0.3 is 6.11 Å². The fraction of sp³-hybridized carbons (Fsp3) is 0.240. The fourth-order valence-electron chi connectivity index (χ4n) is 3.68. The first-order valence-electron chi connectivity index (χ1n) is 9.99. The molecule has 1 aliphatic heterocycles. The SMILES string of the molecule is CC1=C(c2ccccc2)CCCC(c2ccc(-c3cccc(OC(C)(F)F)c3)o2)=N1. The van der Waals surface area contributed by atoms with Crippen molar-refractivity contribution in [1.82, 2.24) is 0 Å². The molecule has 0 N–H and O–H groups in total. The van der Waals surface area contributed by atoms with Gasteiger partial charge < -0.3 is 9.15 Å². The molecule has 3 nitrogen and oxygen atoms in total. The first-order chi connectivity index (χ1) is 14.4. The summed E-state index contributed by atoms with van der Waals surface area (Å²) < 4.78 is 37.0. The van der Waals surface area contributed by atoms with Crippen LogP contribution in [0.1, 0.15) is 44.4 Å². The molecule has 4 rings (SSSR count). The lowest BCUT2D eigenvalue weighted by molar-refractivity contribution is -0.158. The zero-order valence-electron chi connectivity index (χ0n) is 17.0. The topological polar surface area (TPSA) is 34.7 Å². The third-order valence-corrected chi connectivity index (χ3v) is 5.01. The fourth-order valence-corrected chi connectivity index (χ4v) is 3.68. The predicted octanol–water partition coefficient (Wildman–Crippen LogP) is 7.34. The van der Waals surface area contributed by atoms with Gasteiger partial charge in [-0.2, -0.15) is 8.78 Å². The molecule has 0 radical (unpaired) electrons. The van der Waals surface area contributed by atoms with Crippen LogP contribution in [0.4, 0.5) is 8.78 Å². The highest BCUT2D eigenvalue weighted by Crippen LogP contribution is 2.32. The van der Waals surface area contributed by atoms with Crippen molar-refractivity contribution in [2.24, 2.45) is 4.99 Å². The number of ether oxygens (including phenoxy) is 1. The summed E-state index contributed by atoms with van der Waals surface area (Å²) in [6.45, 7) is 2.75. The molecule has 0 atom stereocenters. The maximum Gasteiger partial charge on any atom is 0.394 e. The summed E-state index contributed by atoms with van der Waals surface area (Å²) in [6.07, 6.45) is -0.486. The largest absolute Gasteiger partial charge is 0.455 e. The first-order valence-corrected chi connectivity index (χ1v) is 9.99. The summed E-state index contributed by atoms with van der Waals surface area (Å²) in [7, 11) is 0. The predicted molar refractivity (Wildman–Crippen MR) is 115 cm³/mol. The summed E-state index contributed by atoms with van der Waals surface area (Å²) in [5, 5.41) is 0. The van der Waals surface area contributed by atoms with Crippen molar-refractivity contribution in [3.8, 4) is 17.1 Å². The van der Waals surface area contributed by atoms with E-state index >= 15 is 0 Å². The second-order valence-electron chi connectivity index (χ2n) is 7.44. The van der Waals surface area contributed by atoms with Crippen molar-refractivity contribution >= 4 is 11.3 Å². The quantitative estimate of drug-likeness (QED) is 0.443. The van der Waals surface area contributed by atoms with Crippen LogP contribution in [0, 0.1) is 0 Å². The normalized spacial score (nSPS) is 15.0. The Morgan fingerprint density at radius 1 is 0.900 bits per heavy atom. The molecule has 0 fully saturated rings. The molecule has 0 unspecified atom stereocenters. The molecule has 0 bridgehead atoms. The van der Waals surface area contributed by atoms with Crippen molar-refractivity contribution in [2.45, 2.75) is 39.2 Å². The summed E-state index contributed by atoms with van der Waals surface area (Å²) in [5.41, 5.74) is 5.02. The molecule has 0 amide bonds. The van der Waals surface area contributed by atoms with E-state index in [1.165, 1.54) is 17.2 Å². The maximum atomic E-state index is 13.2. The standard InChI is InChI=1S/C25H23F2NO2/c1-17-21(18-8-4-3-5-9-18)12-7-13-22(28-17)24-15-14-23(29-24)19-10-6-11-20(16-19)30-25(2,26)27/h3-6,8-11,14-16H,7,12-13H2,1-2H3. The van der Waals surface area contributed by atoms with Gasteiger partial charge in [0.25, 0.3) is 0 Å². The highest BCUT2D eigenvalue weighted by atomic mass is 19.3. The molecule has 2 aromatic carbocycles. The van der Waals surface area contributed by atoms with E-state index in [0.29, 0.717) is 24.0 Å². The van der Waals surface area contributed by atoms with Crippen LogP contribution in [0.25, 0.3) is 16.9 Å². The van der Waals surface area contributed by atoms with Gasteiger partial charge in [0.1, 0.15) is 17.3 Å². The van der Waals surface area contributed by atoms with Crippen LogP contribution in [0.15, 0.2) is 81.8 Å². The third-order valence-electron chi connectivity index (χ3n) is 5.01. The lowest BCUT2D eigenvalue weighted by atomic mass is 9.99. The molecule has 30 heavy (non-hydrogen) atoms. The molecule has 154 valence electrons. The number of hydrogen-bond acceptors (Lipinski definition) is 3. The van der Waals surface area contributed by atoms with Crippen LogP contribution < -0.4 is 4.74 Å². The average Bonchev–Trinajstić information content (AvgIpc) is 3.12. The lowest BCUT2D eigenvalue weighted by Crippen LogP contribution is -2.18. The second-order valence-corrected chi connectivity index (χ2v) is 7.44. The number of halogens is 2. The molecule has 0 spiro atoms. The lowest BCUT2D eigenvalue weighted by Gasteiger charge is -2.13. The van der Waals surface area contributed by atoms with E-state index in [9.17, 15) is 8.78 Å². The molecular formula is C25H23F2NO2. The van der Waals surface area contributed by atoms with Crippen LogP contribution >= 0.6 is 0 Å². The smallest absolute Gasteiger partial charge is 0.394 e. The molecule has 2 heterocycles. The van der Waals surface area contributed by atoms with E-state index in [0.717, 1.165) is 30.7 Å². The van der Waals surface area contributed by atoms with Gasteiger partial charge in [0.15, 0.2) is 0 Å². The van der Waals surface area contributed by atoms with Crippen molar-refractivity contribution in [3.63, 3.8) is 0 Å². The number of furan rings is 1. The van der Waals surface area contributed by atoms with Gasteiger partial charge in [-0.05, 0) is 61.6 Å². The van der Waals surface area contributed by atoms with Crippen molar-refractivity contribution < 1.29 is 17.9 Å². The van der Waals surface area contributed by atoms with E-state index in [-0.39, 0.29) is 5.75 Å². The Hall–Kier alpha value is -3.21. The summed E-state index contributed by atoms with van der Waals surface area (Å²) in [6, 6.07) is 20.5. The van der Waals surface area contributed by atoms with Gasteiger partial charge in [0.05, 0.1) is 5.71 Å². The van der Waals surface area contributed by atoms with Gasteiger partial charge in [-0.1, -0.05) is 42.5 Å². The van der Waals surface area contributed by atoms with Crippen LogP contribution in [0.5, 0.6) is 5.75 Å². The van der Waals surface area contributed by atoms with Gasteiger partial charge in [-0.3, -0.25) is 4.99 Å². The Balaban J connectivity index is 1.61. The Labute approximate surface area is 174 Å². The van der Waals surface area contributed by atoms with Gasteiger partial charge in [0, 0.05) is 18.2 Å². The maximum absolute atomic E-state index is 13.2. The number of alkyl halides is 2. The number of nitrogens with zero attached hydrogens (tertiary/aromatic N) is 1.